The van der Waals surface area contributed by atoms with Crippen LogP contribution in [-0.2, 0) is 14.2 Å². The fraction of sp³-hybridized carbons (Fsp3) is 0.536. The normalized spacial score (nSPS) is 14.0. The summed E-state index contributed by atoms with van der Waals surface area (Å²) < 4.78 is 35.1. The van der Waals surface area contributed by atoms with E-state index in [4.69, 9.17) is 28.4 Å². The smallest absolute Gasteiger partial charge is 0.197 e. The van der Waals surface area contributed by atoms with Crippen molar-refractivity contribution in [1.82, 2.24) is 0 Å². The molecule has 2 aromatic rings. The number of ether oxygens (including phenoxy) is 6. The lowest BCUT2D eigenvalue weighted by Crippen LogP contribution is -2.24. The van der Waals surface area contributed by atoms with E-state index in [1.807, 2.05) is 74.4 Å². The van der Waals surface area contributed by atoms with Crippen molar-refractivity contribution < 1.29 is 33.2 Å². The van der Waals surface area contributed by atoms with Gasteiger partial charge in [-0.1, -0.05) is 17.7 Å². The summed E-state index contributed by atoms with van der Waals surface area (Å²) in [5.41, 5.74) is 3.75. The summed E-state index contributed by atoms with van der Waals surface area (Å²) in [5.74, 6) is 1.42. The molecule has 0 aliphatic heterocycles. The van der Waals surface area contributed by atoms with Crippen LogP contribution >= 0.6 is 8.58 Å². The Morgan fingerprint density at radius 3 is 1.56 bits per heavy atom. The van der Waals surface area contributed by atoms with Crippen LogP contribution in [0.3, 0.4) is 0 Å². The molecule has 0 saturated carbocycles. The van der Waals surface area contributed by atoms with Crippen LogP contribution in [0.5, 0.6) is 17.2 Å². The van der Waals surface area contributed by atoms with Gasteiger partial charge in [-0.15, -0.1) is 0 Å². The molecule has 0 bridgehead atoms. The van der Waals surface area contributed by atoms with Crippen molar-refractivity contribution in [2.45, 2.75) is 81.2 Å². The van der Waals surface area contributed by atoms with Crippen molar-refractivity contribution >= 4 is 19.4 Å². The molecule has 8 heteroatoms. The van der Waals surface area contributed by atoms with Gasteiger partial charge < -0.3 is 28.4 Å². The van der Waals surface area contributed by atoms with Crippen molar-refractivity contribution in [1.29, 1.82) is 0 Å². The first-order valence-electron chi connectivity index (χ1n) is 12.5. The van der Waals surface area contributed by atoms with E-state index in [0.717, 1.165) is 22.3 Å². The van der Waals surface area contributed by atoms with Crippen molar-refractivity contribution in [3.8, 4) is 17.2 Å². The first kappa shape index (κ1) is 30.0. The minimum Gasteiger partial charge on any atom is -0.465 e. The third-order valence-corrected chi connectivity index (χ3v) is 6.49. The lowest BCUT2D eigenvalue weighted by atomic mass is 10.0. The zero-order valence-corrected chi connectivity index (χ0v) is 24.0. The van der Waals surface area contributed by atoms with Gasteiger partial charge in [-0.2, -0.15) is 0 Å². The van der Waals surface area contributed by atoms with Crippen LogP contribution in [0.4, 0.5) is 0 Å². The van der Waals surface area contributed by atoms with Gasteiger partial charge in [0.2, 0.25) is 0 Å². The Hall–Kier alpha value is -2.18. The Morgan fingerprint density at radius 2 is 1.14 bits per heavy atom. The molecule has 0 aliphatic carbocycles. The standard InChI is InChI=1S/C28H41O7P/c1-10-30-20(7)33-23-15-24(34-21(8)31-11-2)27(25(16-23)35-22(9)32-12-3)36-28(29)26-18(5)13-17(4)14-19(26)6/h13-16,20-22,36H,10-12H2,1-9H3. The summed E-state index contributed by atoms with van der Waals surface area (Å²) in [4.78, 5) is 13.6. The zero-order chi connectivity index (χ0) is 26.8. The summed E-state index contributed by atoms with van der Waals surface area (Å²) in [6.45, 7) is 18.6. The highest BCUT2D eigenvalue weighted by Gasteiger charge is 2.24. The summed E-state index contributed by atoms with van der Waals surface area (Å²) in [6, 6.07) is 7.57. The highest BCUT2D eigenvalue weighted by Crippen LogP contribution is 2.37. The topological polar surface area (TPSA) is 72.5 Å². The van der Waals surface area contributed by atoms with Crippen LogP contribution in [0.25, 0.3) is 0 Å². The molecule has 0 N–H and O–H groups in total. The van der Waals surface area contributed by atoms with Crippen molar-refractivity contribution in [2.75, 3.05) is 19.8 Å². The highest BCUT2D eigenvalue weighted by molar-refractivity contribution is 7.66. The number of hydrogen-bond acceptors (Lipinski definition) is 7. The van der Waals surface area contributed by atoms with E-state index < -0.39 is 18.9 Å². The Labute approximate surface area is 217 Å². The zero-order valence-electron chi connectivity index (χ0n) is 23.0. The lowest BCUT2D eigenvalue weighted by Gasteiger charge is -2.24. The van der Waals surface area contributed by atoms with E-state index in [-0.39, 0.29) is 14.1 Å². The van der Waals surface area contributed by atoms with Crippen LogP contribution in [0, 0.1) is 20.8 Å². The van der Waals surface area contributed by atoms with Gasteiger partial charge >= 0.3 is 0 Å². The van der Waals surface area contributed by atoms with E-state index >= 15 is 0 Å². The van der Waals surface area contributed by atoms with Gasteiger partial charge in [0.15, 0.2) is 24.4 Å². The van der Waals surface area contributed by atoms with Crippen molar-refractivity contribution in [3.05, 3.63) is 46.5 Å². The van der Waals surface area contributed by atoms with Gasteiger partial charge in [-0.25, -0.2) is 0 Å². The minimum atomic E-state index is -0.534. The maximum atomic E-state index is 13.6. The van der Waals surface area contributed by atoms with Crippen LogP contribution in [-0.4, -0.2) is 44.2 Å². The summed E-state index contributed by atoms with van der Waals surface area (Å²) in [6.07, 6.45) is -1.54. The number of rotatable bonds is 15. The number of hydrogen-bond donors (Lipinski definition) is 0. The molecular formula is C28H41O7P. The molecule has 0 aliphatic rings. The van der Waals surface area contributed by atoms with Crippen molar-refractivity contribution in [3.63, 3.8) is 0 Å². The molecule has 0 spiro atoms. The maximum absolute atomic E-state index is 13.6. The minimum absolute atomic E-state index is 0.00387. The van der Waals surface area contributed by atoms with Gasteiger partial charge in [-0.05, 0) is 82.0 Å². The van der Waals surface area contributed by atoms with E-state index in [0.29, 0.717) is 42.4 Å². The molecule has 4 atom stereocenters. The molecule has 0 aromatic heterocycles. The SMILES string of the molecule is CCOC(C)Oc1cc(OC(C)OCC)c(PC(=O)c2c(C)cc(C)cc2C)c(OC(C)OCC)c1. The third kappa shape index (κ3) is 8.74. The second-order valence-corrected chi connectivity index (χ2v) is 9.65. The predicted octanol–water partition coefficient (Wildman–Crippen LogP) is 6.04. The first-order valence-corrected chi connectivity index (χ1v) is 13.5. The van der Waals surface area contributed by atoms with E-state index in [1.54, 1.807) is 12.1 Å². The number of carbonyl (C=O) groups excluding carboxylic acids is 1. The fourth-order valence-corrected chi connectivity index (χ4v) is 5.27. The average Bonchev–Trinajstić information content (AvgIpc) is 2.75. The summed E-state index contributed by atoms with van der Waals surface area (Å²) >= 11 is 0. The largest absolute Gasteiger partial charge is 0.465 e. The number of aryl methyl sites for hydroxylation is 3. The molecular weight excluding hydrogens is 479 g/mol. The molecule has 2 aromatic carbocycles. The molecule has 0 fully saturated rings. The quantitative estimate of drug-likeness (QED) is 0.209. The molecule has 2 rings (SSSR count). The van der Waals surface area contributed by atoms with E-state index in [9.17, 15) is 4.79 Å². The second kappa shape index (κ2) is 14.5. The van der Waals surface area contributed by atoms with Crippen LogP contribution in [0.1, 0.15) is 68.6 Å². The Bertz CT molecular complexity index is 949. The van der Waals surface area contributed by atoms with Gasteiger partial charge in [0.1, 0.15) is 17.2 Å². The van der Waals surface area contributed by atoms with E-state index in [2.05, 4.69) is 0 Å². The number of carbonyl (C=O) groups is 1. The second-order valence-electron chi connectivity index (χ2n) is 8.44. The van der Waals surface area contributed by atoms with Gasteiger partial charge in [-0.3, -0.25) is 4.79 Å². The van der Waals surface area contributed by atoms with Gasteiger partial charge in [0.05, 0.1) is 5.30 Å². The Morgan fingerprint density at radius 1 is 0.722 bits per heavy atom. The maximum Gasteiger partial charge on any atom is 0.197 e. The molecule has 0 heterocycles. The number of benzene rings is 2. The summed E-state index contributed by atoms with van der Waals surface area (Å²) in [7, 11) is -0.248. The first-order chi connectivity index (χ1) is 17.1. The van der Waals surface area contributed by atoms with Crippen molar-refractivity contribution in [2.24, 2.45) is 0 Å². The molecule has 200 valence electrons. The Kier molecular flexibility index (Phi) is 12.1. The predicted molar refractivity (Wildman–Crippen MR) is 145 cm³/mol. The molecule has 36 heavy (non-hydrogen) atoms. The molecule has 0 radical (unpaired) electrons. The summed E-state index contributed by atoms with van der Waals surface area (Å²) in [5, 5.41) is 0.633. The van der Waals surface area contributed by atoms with Crippen LogP contribution < -0.4 is 19.5 Å². The molecule has 0 amide bonds. The average molecular weight is 521 g/mol. The van der Waals surface area contributed by atoms with Gasteiger partial charge in [0, 0.05) is 37.5 Å². The lowest BCUT2D eigenvalue weighted by molar-refractivity contribution is -0.0678. The van der Waals surface area contributed by atoms with Crippen LogP contribution in [0.2, 0.25) is 0 Å². The highest BCUT2D eigenvalue weighted by atomic mass is 31.1. The monoisotopic (exact) mass is 520 g/mol. The van der Waals surface area contributed by atoms with E-state index in [1.165, 1.54) is 0 Å². The molecule has 7 nitrogen and oxygen atoms in total. The fourth-order valence-electron chi connectivity index (χ4n) is 4.01. The van der Waals surface area contributed by atoms with Gasteiger partial charge in [0.25, 0.3) is 0 Å². The Balaban J connectivity index is 2.59. The molecule has 4 unspecified atom stereocenters. The van der Waals surface area contributed by atoms with Crippen LogP contribution in [0.15, 0.2) is 24.3 Å². The third-order valence-electron chi connectivity index (χ3n) is 5.27. The molecule has 0 saturated heterocycles.